The lowest BCUT2D eigenvalue weighted by Gasteiger charge is -2.55. The highest BCUT2D eigenvalue weighted by Crippen LogP contribution is 2.48. The molecule has 9 nitrogen and oxygen atoms in total. The summed E-state index contributed by atoms with van der Waals surface area (Å²) < 4.78 is 36.2. The summed E-state index contributed by atoms with van der Waals surface area (Å²) in [6, 6.07) is 3.56. The van der Waals surface area contributed by atoms with Gasteiger partial charge in [-0.2, -0.15) is 0 Å². The average Bonchev–Trinajstić information content (AvgIpc) is 3.86. The van der Waals surface area contributed by atoms with Gasteiger partial charge >= 0.3 is 0 Å². The van der Waals surface area contributed by atoms with Crippen molar-refractivity contribution in [2.75, 3.05) is 31.1 Å². The van der Waals surface area contributed by atoms with Crippen molar-refractivity contribution in [2.24, 2.45) is 23.2 Å². The van der Waals surface area contributed by atoms with E-state index in [0.29, 0.717) is 30.6 Å². The van der Waals surface area contributed by atoms with E-state index < -0.39 is 18.0 Å². The van der Waals surface area contributed by atoms with Gasteiger partial charge in [0.1, 0.15) is 24.1 Å². The molecular formula is C36H48F2N6O3. The van der Waals surface area contributed by atoms with Crippen LogP contribution in [0.5, 0.6) is 11.5 Å². The van der Waals surface area contributed by atoms with Crippen LogP contribution in [0.25, 0.3) is 0 Å². The molecule has 2 aromatic rings. The third kappa shape index (κ3) is 6.20. The largest absolute Gasteiger partial charge is 0.451 e. The number of hydrogen-bond acceptors (Lipinski definition) is 7. The molecule has 254 valence electrons. The van der Waals surface area contributed by atoms with Gasteiger partial charge in [0, 0.05) is 61.6 Å². The number of likely N-dealkylation sites (tertiary alicyclic amines) is 1. The fourth-order valence-corrected chi connectivity index (χ4v) is 8.81. The highest BCUT2D eigenvalue weighted by atomic mass is 19.1. The summed E-state index contributed by atoms with van der Waals surface area (Å²) in [6.07, 6.45) is 9.13. The Kier molecular flexibility index (Phi) is 8.64. The number of piperidine rings is 3. The number of ether oxygens (including phenoxy) is 1. The van der Waals surface area contributed by atoms with Crippen molar-refractivity contribution >= 4 is 17.6 Å². The smallest absolute Gasteiger partial charge is 0.258 e. The highest BCUT2D eigenvalue weighted by Gasteiger charge is 2.54. The van der Waals surface area contributed by atoms with Crippen molar-refractivity contribution in [3.63, 3.8) is 0 Å². The highest BCUT2D eigenvalue weighted by molar-refractivity contribution is 5.97. The first-order chi connectivity index (χ1) is 22.5. The normalized spacial score (nSPS) is 28.1. The van der Waals surface area contributed by atoms with Gasteiger partial charge in [-0.05, 0) is 83.9 Å². The average molecular weight is 651 g/mol. The molecule has 47 heavy (non-hydrogen) atoms. The van der Waals surface area contributed by atoms with E-state index in [1.54, 1.807) is 11.1 Å². The molecule has 2 amide bonds. The number of halogens is 2. The van der Waals surface area contributed by atoms with Gasteiger partial charge in [-0.25, -0.2) is 18.7 Å². The van der Waals surface area contributed by atoms with Gasteiger partial charge in [0.15, 0.2) is 11.6 Å². The minimum Gasteiger partial charge on any atom is -0.451 e. The molecule has 8 rings (SSSR count). The Hall–Kier alpha value is -3.34. The molecule has 1 N–H and O–H groups in total. The zero-order valence-corrected chi connectivity index (χ0v) is 28.0. The van der Waals surface area contributed by atoms with Gasteiger partial charge < -0.3 is 24.8 Å². The Morgan fingerprint density at radius 2 is 1.79 bits per heavy atom. The van der Waals surface area contributed by atoms with Gasteiger partial charge in [0.2, 0.25) is 5.91 Å². The first-order valence-electron chi connectivity index (χ1n) is 17.6. The molecule has 5 atom stereocenters. The van der Waals surface area contributed by atoms with Crippen LogP contribution in [0.15, 0.2) is 30.7 Å². The zero-order chi connectivity index (χ0) is 33.0. The van der Waals surface area contributed by atoms with Crippen LogP contribution in [-0.4, -0.2) is 88.1 Å². The number of hydrogen-bond donors (Lipinski definition) is 1. The van der Waals surface area contributed by atoms with Crippen molar-refractivity contribution in [2.45, 2.75) is 103 Å². The molecule has 6 aliphatic rings. The van der Waals surface area contributed by atoms with Crippen LogP contribution < -0.4 is 15.0 Å². The molecule has 4 saturated heterocycles. The lowest BCUT2D eigenvalue weighted by Crippen LogP contribution is -2.68. The topological polar surface area (TPSA) is 90.9 Å². The number of nitrogens with zero attached hydrogens (tertiary/aromatic N) is 5. The molecule has 5 heterocycles. The van der Waals surface area contributed by atoms with Crippen molar-refractivity contribution in [1.82, 2.24) is 25.1 Å². The number of carbonyl (C=O) groups excluding carboxylic acids is 2. The van der Waals surface area contributed by atoms with Crippen molar-refractivity contribution < 1.29 is 23.1 Å². The third-order valence-electron chi connectivity index (χ3n) is 11.4. The summed E-state index contributed by atoms with van der Waals surface area (Å²) in [5.74, 6) is 1.07. The minimum atomic E-state index is -0.876. The lowest BCUT2D eigenvalue weighted by molar-refractivity contribution is -0.143. The molecule has 6 fully saturated rings. The first kappa shape index (κ1) is 32.2. The fourth-order valence-electron chi connectivity index (χ4n) is 8.81. The molecule has 2 saturated carbocycles. The van der Waals surface area contributed by atoms with E-state index in [-0.39, 0.29) is 58.5 Å². The predicted molar refractivity (Wildman–Crippen MR) is 175 cm³/mol. The molecule has 0 radical (unpaired) electrons. The van der Waals surface area contributed by atoms with E-state index in [1.807, 2.05) is 32.6 Å². The van der Waals surface area contributed by atoms with Gasteiger partial charge in [-0.15, -0.1) is 0 Å². The van der Waals surface area contributed by atoms with Gasteiger partial charge in [-0.3, -0.25) is 9.59 Å². The quantitative estimate of drug-likeness (QED) is 0.378. The summed E-state index contributed by atoms with van der Waals surface area (Å²) in [4.78, 5) is 41.7. The van der Waals surface area contributed by atoms with E-state index >= 15 is 4.39 Å². The van der Waals surface area contributed by atoms with E-state index in [2.05, 4.69) is 20.2 Å². The Morgan fingerprint density at radius 3 is 2.45 bits per heavy atom. The fraction of sp³-hybridized carbons (Fsp3) is 0.667. The number of nitrogens with one attached hydrogen (secondary N) is 1. The molecule has 4 aliphatic heterocycles. The number of amides is 2. The summed E-state index contributed by atoms with van der Waals surface area (Å²) in [5.41, 5.74) is 0.208. The second kappa shape index (κ2) is 12.6. The van der Waals surface area contributed by atoms with Crippen LogP contribution in [0.4, 0.5) is 14.6 Å². The molecule has 1 aromatic carbocycles. The number of aromatic nitrogens is 2. The molecule has 0 unspecified atom stereocenters. The van der Waals surface area contributed by atoms with Crippen LogP contribution in [0.3, 0.4) is 0 Å². The summed E-state index contributed by atoms with van der Waals surface area (Å²) in [7, 11) is 0. The molecule has 11 heteroatoms. The van der Waals surface area contributed by atoms with Gasteiger partial charge in [0.25, 0.3) is 5.91 Å². The van der Waals surface area contributed by atoms with E-state index in [0.717, 1.165) is 45.2 Å². The van der Waals surface area contributed by atoms with Crippen LogP contribution in [0, 0.1) is 29.0 Å². The van der Waals surface area contributed by atoms with Crippen LogP contribution in [0.2, 0.25) is 0 Å². The standard InChI is InChI=1S/C36H48F2N6O3/c1-21(2)44(22(3)4)34(45)27-16-24(37)7-10-29(27)47-30-17-39-20-40-33(30)43-18-36(19-43)11-13-42(14-12-36)35(46)32-25-8-9-28(41-32)26(31(25)38)15-23-5-6-23/h7,10,16-17,20-23,25-26,28,31-32,41H,5-6,8-9,11-15,18-19H2,1-4H3/t25-,26-,28+,31-,32+/m1/s1. The minimum absolute atomic E-state index is 0.0576. The summed E-state index contributed by atoms with van der Waals surface area (Å²) >= 11 is 0. The van der Waals surface area contributed by atoms with Crippen molar-refractivity contribution in [3.05, 3.63) is 42.1 Å². The SMILES string of the molecule is CC(C)N(C(=O)c1cc(F)ccc1Oc1cncnc1N1CC2(CCN(C(=O)[C@H]3N[C@H]4CC[C@@H]3[C@@H](F)[C@@H]4CC3CC3)CC2)C1)C(C)C. The second-order valence-electron chi connectivity index (χ2n) is 15.3. The van der Waals surface area contributed by atoms with Crippen LogP contribution in [-0.2, 0) is 4.79 Å². The maximum Gasteiger partial charge on any atom is 0.258 e. The first-order valence-corrected chi connectivity index (χ1v) is 17.6. The molecule has 1 spiro atoms. The number of benzene rings is 1. The number of rotatable bonds is 9. The Bertz CT molecular complexity index is 1470. The lowest BCUT2D eigenvalue weighted by atomic mass is 9.66. The van der Waals surface area contributed by atoms with Crippen molar-refractivity contribution in [3.8, 4) is 11.5 Å². The number of carbonyl (C=O) groups is 2. The van der Waals surface area contributed by atoms with Gasteiger partial charge in [0.05, 0.1) is 17.8 Å². The maximum absolute atomic E-state index is 15.6. The van der Waals surface area contributed by atoms with Crippen molar-refractivity contribution in [1.29, 1.82) is 0 Å². The second-order valence-corrected chi connectivity index (χ2v) is 15.3. The molecular weight excluding hydrogens is 602 g/mol. The zero-order valence-electron chi connectivity index (χ0n) is 28.0. The third-order valence-corrected chi connectivity index (χ3v) is 11.4. The molecule has 2 bridgehead atoms. The molecule has 1 aromatic heterocycles. The van der Waals surface area contributed by atoms with E-state index in [9.17, 15) is 14.0 Å². The Balaban J connectivity index is 0.984. The van der Waals surface area contributed by atoms with Crippen LogP contribution in [0.1, 0.15) is 83.0 Å². The number of alkyl halides is 1. The van der Waals surface area contributed by atoms with Gasteiger partial charge in [-0.1, -0.05) is 12.8 Å². The number of fused-ring (bicyclic) bond motifs is 3. The Labute approximate surface area is 276 Å². The van der Waals surface area contributed by atoms with E-state index in [4.69, 9.17) is 4.74 Å². The van der Waals surface area contributed by atoms with Crippen LogP contribution >= 0.6 is 0 Å². The predicted octanol–water partition coefficient (Wildman–Crippen LogP) is 5.60. The summed E-state index contributed by atoms with van der Waals surface area (Å²) in [5, 5.41) is 3.59. The maximum atomic E-state index is 15.6. The number of anilines is 1. The van der Waals surface area contributed by atoms with E-state index in [1.165, 1.54) is 37.4 Å². The monoisotopic (exact) mass is 650 g/mol. The molecule has 2 aliphatic carbocycles. The summed E-state index contributed by atoms with van der Waals surface area (Å²) in [6.45, 7) is 10.6. The Morgan fingerprint density at radius 1 is 1.06 bits per heavy atom.